The number of hydrogen-bond donors (Lipinski definition) is 2. The molecule has 0 saturated heterocycles. The summed E-state index contributed by atoms with van der Waals surface area (Å²) < 4.78 is 31.9. The number of hydrogen-bond acceptors (Lipinski definition) is 3. The molecule has 41 heavy (non-hydrogen) atoms. The lowest BCUT2D eigenvalue weighted by Gasteiger charge is -2.32. The van der Waals surface area contributed by atoms with E-state index in [1.807, 2.05) is 26.0 Å². The van der Waals surface area contributed by atoms with Crippen LogP contribution < -0.4 is 0 Å². The van der Waals surface area contributed by atoms with E-state index in [4.69, 9.17) is 4.74 Å². The molecular weight excluding hydrogens is 550 g/mol. The Labute approximate surface area is 253 Å². The van der Waals surface area contributed by atoms with Crippen LogP contribution in [-0.2, 0) is 13.9 Å². The van der Waals surface area contributed by atoms with Gasteiger partial charge in [0.15, 0.2) is 0 Å². The van der Waals surface area contributed by atoms with E-state index in [0.29, 0.717) is 6.61 Å². The van der Waals surface area contributed by atoms with Crippen LogP contribution in [0.15, 0.2) is 69.9 Å². The minimum atomic E-state index is -4.71. The van der Waals surface area contributed by atoms with Crippen molar-refractivity contribution in [1.82, 2.24) is 0 Å². The maximum Gasteiger partial charge on any atom is 0.339 e. The van der Waals surface area contributed by atoms with Crippen LogP contribution in [0.25, 0.3) is 0 Å². The molecule has 0 saturated carbocycles. The normalized spacial score (nSPS) is 15.9. The Morgan fingerprint density at radius 3 is 1.32 bits per heavy atom. The van der Waals surface area contributed by atoms with Gasteiger partial charge in [0.05, 0.1) is 6.35 Å². The Bertz CT molecular complexity index is 969. The maximum atomic E-state index is 13.5. The van der Waals surface area contributed by atoms with Crippen LogP contribution >= 0.6 is 15.4 Å². The zero-order chi connectivity index (χ0) is 31.5. The van der Waals surface area contributed by atoms with Gasteiger partial charge >= 0.3 is 7.60 Å². The smallest absolute Gasteiger partial charge is 0.339 e. The molecule has 236 valence electrons. The van der Waals surface area contributed by atoms with E-state index in [1.54, 1.807) is 6.92 Å². The van der Waals surface area contributed by atoms with Gasteiger partial charge < -0.3 is 19.1 Å². The molecule has 0 fully saturated rings. The molecule has 0 aliphatic heterocycles. The summed E-state index contributed by atoms with van der Waals surface area (Å²) in [6.45, 7) is 18.9. The molecule has 7 heteroatoms. The highest BCUT2D eigenvalue weighted by Crippen LogP contribution is 2.67. The fourth-order valence-corrected chi connectivity index (χ4v) is 7.87. The molecule has 0 rings (SSSR count). The summed E-state index contributed by atoms with van der Waals surface area (Å²) in [5, 5.41) is 0. The third-order valence-corrected chi connectivity index (χ3v) is 12.4. The highest BCUT2D eigenvalue weighted by Gasteiger charge is 2.50. The number of allylic oxidation sites excluding steroid dienone is 12. The summed E-state index contributed by atoms with van der Waals surface area (Å²) in [4.78, 5) is 19.5. The van der Waals surface area contributed by atoms with Gasteiger partial charge in [0, 0.05) is 6.61 Å². The van der Waals surface area contributed by atoms with Crippen molar-refractivity contribution in [3.63, 3.8) is 0 Å². The summed E-state index contributed by atoms with van der Waals surface area (Å²) >= 11 is 0. The first-order valence-corrected chi connectivity index (χ1v) is 18.4. The summed E-state index contributed by atoms with van der Waals surface area (Å²) in [5.74, 6) is 0. The topological polar surface area (TPSA) is 83.8 Å². The first-order valence-electron chi connectivity index (χ1n) is 15.2. The van der Waals surface area contributed by atoms with Crippen LogP contribution in [0.3, 0.4) is 0 Å². The Hall–Kier alpha value is -1.22. The van der Waals surface area contributed by atoms with Crippen molar-refractivity contribution < 1.29 is 23.7 Å². The van der Waals surface area contributed by atoms with Crippen LogP contribution in [-0.4, -0.2) is 27.6 Å². The lowest BCUT2D eigenvalue weighted by Crippen LogP contribution is -2.25. The van der Waals surface area contributed by atoms with Gasteiger partial charge in [-0.2, -0.15) is 0 Å². The van der Waals surface area contributed by atoms with Gasteiger partial charge in [0.25, 0.3) is 0 Å². The molecule has 2 N–H and O–H groups in total. The minimum absolute atomic E-state index is 0.0738. The molecule has 0 aromatic heterocycles. The zero-order valence-corrected chi connectivity index (χ0v) is 29.4. The highest BCUT2D eigenvalue weighted by molar-refractivity contribution is 7.69. The molecule has 0 amide bonds. The molecule has 0 aromatic rings. The van der Waals surface area contributed by atoms with Crippen molar-refractivity contribution in [3.05, 3.63) is 69.9 Å². The molecular formula is C34H60O5P2. The van der Waals surface area contributed by atoms with E-state index in [0.717, 1.165) is 62.5 Å². The van der Waals surface area contributed by atoms with Crippen LogP contribution in [0.5, 0.6) is 0 Å². The Morgan fingerprint density at radius 1 is 0.659 bits per heavy atom. The predicted molar refractivity (Wildman–Crippen MR) is 180 cm³/mol. The quantitative estimate of drug-likeness (QED) is 0.0998. The molecule has 1 atom stereocenters. The second kappa shape index (κ2) is 21.5. The van der Waals surface area contributed by atoms with E-state index >= 15 is 0 Å². The van der Waals surface area contributed by atoms with Gasteiger partial charge in [-0.25, -0.2) is 0 Å². The van der Waals surface area contributed by atoms with E-state index in [9.17, 15) is 18.9 Å². The largest absolute Gasteiger partial charge is 0.374 e. The fourth-order valence-electron chi connectivity index (χ4n) is 4.40. The van der Waals surface area contributed by atoms with E-state index in [-0.39, 0.29) is 19.2 Å². The van der Waals surface area contributed by atoms with Crippen molar-refractivity contribution in [2.24, 2.45) is 0 Å². The maximum absolute atomic E-state index is 13.5. The van der Waals surface area contributed by atoms with Gasteiger partial charge in [-0.15, -0.1) is 0 Å². The molecule has 0 bridgehead atoms. The highest BCUT2D eigenvalue weighted by atomic mass is 31.2. The van der Waals surface area contributed by atoms with Crippen molar-refractivity contribution in [2.45, 2.75) is 131 Å². The Morgan fingerprint density at radius 2 is 1.00 bits per heavy atom. The molecule has 5 nitrogen and oxygen atoms in total. The van der Waals surface area contributed by atoms with Crippen molar-refractivity contribution in [1.29, 1.82) is 0 Å². The molecule has 0 heterocycles. The van der Waals surface area contributed by atoms with Gasteiger partial charge in [-0.3, -0.25) is 4.57 Å². The third kappa shape index (κ3) is 18.1. The van der Waals surface area contributed by atoms with Crippen LogP contribution in [0.2, 0.25) is 0 Å². The second-order valence-electron chi connectivity index (χ2n) is 12.0. The van der Waals surface area contributed by atoms with E-state index in [2.05, 4.69) is 65.8 Å². The first-order chi connectivity index (χ1) is 19.1. The average Bonchev–Trinajstić information content (AvgIpc) is 2.86. The summed E-state index contributed by atoms with van der Waals surface area (Å²) in [6.07, 6.45) is 20.3. The lowest BCUT2D eigenvalue weighted by molar-refractivity contribution is 0.191. The standard InChI is InChI=1S/C34H60O5P2/c1-10-39-27-40(35)34(41(36,37)38,25-23-32(8)21-13-19-30(6)17-11-15-28(2)3)26-24-33(9)22-14-20-31(7)18-12-16-29(4)5/h15-16,19-20,23-24,40H,10-14,17-18,21-22,25-27H2,1-9H3,(H2,36,37,38). The Balaban J connectivity index is 5.62. The molecule has 1 unspecified atom stereocenters. The van der Waals surface area contributed by atoms with Gasteiger partial charge in [0.2, 0.25) is 0 Å². The number of ether oxygens (including phenoxy) is 1. The Kier molecular flexibility index (Phi) is 20.8. The number of rotatable bonds is 21. The monoisotopic (exact) mass is 610 g/mol. The fraction of sp³-hybridized carbons (Fsp3) is 0.647. The van der Waals surface area contributed by atoms with Gasteiger partial charge in [0.1, 0.15) is 12.7 Å². The summed E-state index contributed by atoms with van der Waals surface area (Å²) in [6, 6.07) is 0. The lowest BCUT2D eigenvalue weighted by atomic mass is 10.0. The summed E-state index contributed by atoms with van der Waals surface area (Å²) in [5.41, 5.74) is 7.46. The molecule has 0 radical (unpaired) electrons. The second-order valence-corrected chi connectivity index (χ2v) is 16.4. The van der Waals surface area contributed by atoms with Crippen LogP contribution in [0, 0.1) is 0 Å². The molecule has 0 spiro atoms. The van der Waals surface area contributed by atoms with Crippen molar-refractivity contribution >= 4 is 15.4 Å². The first kappa shape index (κ1) is 39.8. The van der Waals surface area contributed by atoms with Crippen LogP contribution in [0.1, 0.15) is 127 Å². The van der Waals surface area contributed by atoms with Gasteiger partial charge in [-0.05, 0) is 127 Å². The zero-order valence-electron chi connectivity index (χ0n) is 27.5. The van der Waals surface area contributed by atoms with Gasteiger partial charge in [-0.1, -0.05) is 69.9 Å². The van der Waals surface area contributed by atoms with Crippen molar-refractivity contribution in [2.75, 3.05) is 13.0 Å². The summed E-state index contributed by atoms with van der Waals surface area (Å²) in [7, 11) is -7.47. The SMILES string of the molecule is CCOC[PH](=O)C(CC=C(C)CCC=C(C)CCC=C(C)C)(CC=C(C)CCC=C(C)CCC=C(C)C)P(=O)(O)O. The minimum Gasteiger partial charge on any atom is -0.374 e. The molecule has 0 aliphatic carbocycles. The predicted octanol–water partition coefficient (Wildman–Crippen LogP) is 11.0. The molecule has 0 aromatic carbocycles. The molecule has 0 aliphatic rings. The van der Waals surface area contributed by atoms with E-state index in [1.165, 1.54) is 22.3 Å². The van der Waals surface area contributed by atoms with Crippen LogP contribution in [0.4, 0.5) is 0 Å². The third-order valence-electron chi connectivity index (χ3n) is 7.34. The van der Waals surface area contributed by atoms with Crippen molar-refractivity contribution in [3.8, 4) is 0 Å². The van der Waals surface area contributed by atoms with E-state index < -0.39 is 20.3 Å². The average molecular weight is 611 g/mol.